The van der Waals surface area contributed by atoms with Crippen LogP contribution in [0.3, 0.4) is 0 Å². The molecule has 0 spiro atoms. The first kappa shape index (κ1) is 13.9. The average molecular weight is 261 g/mol. The Bertz CT molecular complexity index is 533. The van der Waals surface area contributed by atoms with Crippen molar-refractivity contribution in [2.75, 3.05) is 13.2 Å². The van der Waals surface area contributed by atoms with Crippen molar-refractivity contribution in [2.24, 2.45) is 5.73 Å². The molecule has 0 saturated heterocycles. The van der Waals surface area contributed by atoms with Gasteiger partial charge in [0, 0.05) is 18.3 Å². The van der Waals surface area contributed by atoms with Gasteiger partial charge in [0.05, 0.1) is 12.3 Å². The van der Waals surface area contributed by atoms with E-state index < -0.39 is 0 Å². The number of rotatable bonds is 7. The number of nitrogens with two attached hydrogens (primary N) is 1. The Morgan fingerprint density at radius 1 is 1.37 bits per heavy atom. The molecule has 4 nitrogen and oxygen atoms in total. The first-order chi connectivity index (χ1) is 9.27. The molecule has 0 atom stereocenters. The quantitative estimate of drug-likeness (QED) is 0.780. The molecule has 0 aliphatic rings. The van der Waals surface area contributed by atoms with E-state index in [1.54, 1.807) is 0 Å². The topological polar surface area (TPSA) is 52.5 Å². The lowest BCUT2D eigenvalue weighted by Crippen LogP contribution is -2.06. The number of nitrogens with zero attached hydrogens (tertiary/aromatic N) is 2. The lowest BCUT2D eigenvalue weighted by molar-refractivity contribution is 0.308. The van der Waals surface area contributed by atoms with Crippen molar-refractivity contribution in [2.45, 2.75) is 39.5 Å². The Kier molecular flexibility index (Phi) is 4.80. The maximum Gasteiger partial charge on any atom is 0.180 e. The number of ether oxygens (including phenoxy) is 1. The third-order valence-corrected chi connectivity index (χ3v) is 3.30. The van der Waals surface area contributed by atoms with Crippen LogP contribution in [-0.4, -0.2) is 22.5 Å². The minimum atomic E-state index is 0.635. The third kappa shape index (κ3) is 3.07. The second-order valence-electron chi connectivity index (χ2n) is 4.80. The summed E-state index contributed by atoms with van der Waals surface area (Å²) in [5, 5.41) is 0. The van der Waals surface area contributed by atoms with E-state index in [0.29, 0.717) is 6.54 Å². The zero-order valence-electron chi connectivity index (χ0n) is 11.9. The number of aryl methyl sites for hydroxylation is 1. The van der Waals surface area contributed by atoms with E-state index in [4.69, 9.17) is 10.5 Å². The number of unbranched alkanes of at least 4 members (excludes halogenated alkanes) is 2. The maximum absolute atomic E-state index is 5.85. The van der Waals surface area contributed by atoms with Gasteiger partial charge in [-0.05, 0) is 32.0 Å². The van der Waals surface area contributed by atoms with Gasteiger partial charge >= 0.3 is 0 Å². The fourth-order valence-electron chi connectivity index (χ4n) is 2.29. The van der Waals surface area contributed by atoms with Crippen molar-refractivity contribution < 1.29 is 4.74 Å². The van der Waals surface area contributed by atoms with Crippen LogP contribution in [-0.2, 0) is 6.42 Å². The molecule has 0 aliphatic heterocycles. The maximum atomic E-state index is 5.85. The Morgan fingerprint density at radius 3 is 2.95 bits per heavy atom. The molecule has 0 radical (unpaired) electrons. The third-order valence-electron chi connectivity index (χ3n) is 3.30. The van der Waals surface area contributed by atoms with Gasteiger partial charge in [-0.15, -0.1) is 0 Å². The van der Waals surface area contributed by atoms with Gasteiger partial charge in [0.1, 0.15) is 0 Å². The summed E-state index contributed by atoms with van der Waals surface area (Å²) in [5.41, 5.74) is 8.78. The highest BCUT2D eigenvalue weighted by Crippen LogP contribution is 2.22. The van der Waals surface area contributed by atoms with Crippen LogP contribution < -0.4 is 10.5 Å². The zero-order valence-corrected chi connectivity index (χ0v) is 11.9. The van der Waals surface area contributed by atoms with Crippen LogP contribution in [0.1, 0.15) is 37.6 Å². The Morgan fingerprint density at radius 2 is 2.21 bits per heavy atom. The van der Waals surface area contributed by atoms with Crippen molar-refractivity contribution in [3.63, 3.8) is 0 Å². The average Bonchev–Trinajstić information content (AvgIpc) is 2.73. The molecular weight excluding hydrogens is 238 g/mol. The Hall–Kier alpha value is -1.55. The number of hydrogen-bond acceptors (Lipinski definition) is 3. The molecule has 2 aromatic rings. The zero-order chi connectivity index (χ0) is 13.7. The molecule has 2 heterocycles. The number of aromatic nitrogens is 2. The minimum Gasteiger partial charge on any atom is -0.490 e. The van der Waals surface area contributed by atoms with Crippen molar-refractivity contribution >= 4 is 5.65 Å². The van der Waals surface area contributed by atoms with Crippen LogP contribution in [0.25, 0.3) is 5.65 Å². The predicted octanol–water partition coefficient (Wildman–Crippen LogP) is 2.71. The van der Waals surface area contributed by atoms with Gasteiger partial charge in [-0.3, -0.25) is 0 Å². The van der Waals surface area contributed by atoms with Crippen LogP contribution in [0.15, 0.2) is 18.3 Å². The second kappa shape index (κ2) is 6.57. The first-order valence-electron chi connectivity index (χ1n) is 7.07. The van der Waals surface area contributed by atoms with Gasteiger partial charge in [0.25, 0.3) is 0 Å². The van der Waals surface area contributed by atoms with E-state index in [-0.39, 0.29) is 0 Å². The van der Waals surface area contributed by atoms with Crippen molar-refractivity contribution in [3.05, 3.63) is 29.7 Å². The van der Waals surface area contributed by atoms with Crippen LogP contribution >= 0.6 is 0 Å². The Balaban J connectivity index is 2.22. The molecule has 0 bridgehead atoms. The van der Waals surface area contributed by atoms with E-state index in [1.165, 1.54) is 18.5 Å². The van der Waals surface area contributed by atoms with E-state index in [0.717, 1.165) is 36.5 Å². The van der Waals surface area contributed by atoms with E-state index in [2.05, 4.69) is 16.3 Å². The summed E-state index contributed by atoms with van der Waals surface area (Å²) < 4.78 is 7.95. The SMILES string of the molecule is CCCCCOc1cccn2c(CCN)c(C)nc12. The predicted molar refractivity (Wildman–Crippen MR) is 77.7 cm³/mol. The molecule has 104 valence electrons. The first-order valence-corrected chi connectivity index (χ1v) is 7.07. The summed E-state index contributed by atoms with van der Waals surface area (Å²) in [7, 11) is 0. The van der Waals surface area contributed by atoms with Crippen LogP contribution in [0.5, 0.6) is 5.75 Å². The highest BCUT2D eigenvalue weighted by atomic mass is 16.5. The highest BCUT2D eigenvalue weighted by molar-refractivity contribution is 5.56. The van der Waals surface area contributed by atoms with Crippen LogP contribution in [0.4, 0.5) is 0 Å². The lowest BCUT2D eigenvalue weighted by atomic mass is 10.2. The fraction of sp³-hybridized carbons (Fsp3) is 0.533. The summed E-state index contributed by atoms with van der Waals surface area (Å²) in [6.45, 7) is 5.61. The van der Waals surface area contributed by atoms with Gasteiger partial charge in [-0.25, -0.2) is 4.98 Å². The van der Waals surface area contributed by atoms with Crippen LogP contribution in [0, 0.1) is 6.92 Å². The minimum absolute atomic E-state index is 0.635. The molecular formula is C15H23N3O. The monoisotopic (exact) mass is 261 g/mol. The molecule has 0 aliphatic carbocycles. The molecule has 2 N–H and O–H groups in total. The molecule has 0 amide bonds. The molecule has 0 aromatic carbocycles. The molecule has 19 heavy (non-hydrogen) atoms. The van der Waals surface area contributed by atoms with Crippen molar-refractivity contribution in [1.82, 2.24) is 9.38 Å². The molecule has 2 aromatic heterocycles. The van der Waals surface area contributed by atoms with Gasteiger partial charge in [0.2, 0.25) is 0 Å². The van der Waals surface area contributed by atoms with E-state index in [1.807, 2.05) is 25.3 Å². The number of fused-ring (bicyclic) bond motifs is 1. The molecule has 0 saturated carbocycles. The summed E-state index contributed by atoms with van der Waals surface area (Å²) in [4.78, 5) is 4.61. The smallest absolute Gasteiger partial charge is 0.180 e. The highest BCUT2D eigenvalue weighted by Gasteiger charge is 2.11. The van der Waals surface area contributed by atoms with Gasteiger partial charge in [-0.2, -0.15) is 0 Å². The normalized spacial score (nSPS) is 11.1. The summed E-state index contributed by atoms with van der Waals surface area (Å²) >= 11 is 0. The number of hydrogen-bond donors (Lipinski definition) is 1. The van der Waals surface area contributed by atoms with E-state index >= 15 is 0 Å². The second-order valence-corrected chi connectivity index (χ2v) is 4.80. The molecule has 4 heteroatoms. The standard InChI is InChI=1S/C15H23N3O/c1-3-4-5-11-19-14-7-6-10-18-13(8-9-16)12(2)17-15(14)18/h6-7,10H,3-5,8-9,11,16H2,1-2H3. The van der Waals surface area contributed by atoms with Crippen LogP contribution in [0.2, 0.25) is 0 Å². The largest absolute Gasteiger partial charge is 0.490 e. The number of pyridine rings is 1. The summed E-state index contributed by atoms with van der Waals surface area (Å²) in [5.74, 6) is 0.866. The van der Waals surface area contributed by atoms with Gasteiger partial charge < -0.3 is 14.9 Å². The summed E-state index contributed by atoms with van der Waals surface area (Å²) in [6.07, 6.45) is 6.37. The van der Waals surface area contributed by atoms with Gasteiger partial charge in [-0.1, -0.05) is 19.8 Å². The van der Waals surface area contributed by atoms with Crippen molar-refractivity contribution in [1.29, 1.82) is 0 Å². The number of imidazole rings is 1. The van der Waals surface area contributed by atoms with Gasteiger partial charge in [0.15, 0.2) is 11.4 Å². The van der Waals surface area contributed by atoms with Crippen molar-refractivity contribution in [3.8, 4) is 5.75 Å². The summed E-state index contributed by atoms with van der Waals surface area (Å²) in [6, 6.07) is 3.99. The molecule has 2 rings (SSSR count). The Labute approximate surface area is 114 Å². The molecule has 0 unspecified atom stereocenters. The lowest BCUT2D eigenvalue weighted by Gasteiger charge is -2.07. The van der Waals surface area contributed by atoms with E-state index in [9.17, 15) is 0 Å². The fourth-order valence-corrected chi connectivity index (χ4v) is 2.29. The molecule has 0 fully saturated rings.